The highest BCUT2D eigenvalue weighted by molar-refractivity contribution is 6.56. The first kappa shape index (κ1) is 15.4. The Morgan fingerprint density at radius 1 is 1.13 bits per heavy atom. The van der Waals surface area contributed by atoms with Crippen molar-refractivity contribution in [2.24, 2.45) is 0 Å². The molecule has 0 saturated heterocycles. The Morgan fingerprint density at radius 3 is 2.27 bits per heavy atom. The molecule has 0 aromatic carbocycles. The zero-order valence-electron chi connectivity index (χ0n) is 11.3. The van der Waals surface area contributed by atoms with Crippen molar-refractivity contribution in [3.63, 3.8) is 0 Å². The second-order valence-electron chi connectivity index (χ2n) is 4.78. The normalized spacial score (nSPS) is 18.2. The van der Waals surface area contributed by atoms with E-state index in [1.165, 1.54) is 24.9 Å². The summed E-state index contributed by atoms with van der Waals surface area (Å²) in [6.45, 7) is 11.6. The van der Waals surface area contributed by atoms with Crippen molar-refractivity contribution in [1.82, 2.24) is 9.96 Å². The van der Waals surface area contributed by atoms with E-state index in [4.69, 9.17) is 0 Å². The van der Waals surface area contributed by atoms with Gasteiger partial charge in [-0.25, -0.2) is 0 Å². The highest BCUT2D eigenvalue weighted by atomic mass is 28.3. The predicted octanol–water partition coefficient (Wildman–Crippen LogP) is 1.62. The maximum atomic E-state index is 3.76. The maximum absolute atomic E-state index is 3.76. The van der Waals surface area contributed by atoms with Crippen molar-refractivity contribution in [1.29, 1.82) is 0 Å². The van der Waals surface area contributed by atoms with Crippen LogP contribution in [0, 0.1) is 0 Å². The lowest BCUT2D eigenvalue weighted by Gasteiger charge is -2.18. The molecule has 92 valence electrons. The van der Waals surface area contributed by atoms with E-state index in [9.17, 15) is 0 Å². The molecule has 0 aromatic heterocycles. The van der Waals surface area contributed by atoms with E-state index in [0.717, 1.165) is 12.1 Å². The number of rotatable bonds is 9. The standard InChI is InChI=1S/C11H30N2Si2/c1-6-10(3)12-14-8-9-15(5)13-11(4)7-2/h10-13,15H,6-9,14H2,1-5H3. The van der Waals surface area contributed by atoms with Gasteiger partial charge in [0.05, 0.1) is 9.68 Å². The Morgan fingerprint density at radius 2 is 1.73 bits per heavy atom. The Balaban J connectivity index is 3.34. The van der Waals surface area contributed by atoms with Gasteiger partial charge in [0.15, 0.2) is 0 Å². The summed E-state index contributed by atoms with van der Waals surface area (Å²) in [5.41, 5.74) is 0. The molecule has 4 heteroatoms. The quantitative estimate of drug-likeness (QED) is 0.477. The fourth-order valence-electron chi connectivity index (χ4n) is 1.59. The summed E-state index contributed by atoms with van der Waals surface area (Å²) in [5.74, 6) is 0. The Kier molecular flexibility index (Phi) is 9.80. The van der Waals surface area contributed by atoms with Gasteiger partial charge in [-0.15, -0.1) is 0 Å². The van der Waals surface area contributed by atoms with Crippen LogP contribution in [0.2, 0.25) is 18.6 Å². The minimum Gasteiger partial charge on any atom is -0.340 e. The molecule has 0 bridgehead atoms. The first-order valence-corrected chi connectivity index (χ1v) is 10.8. The molecular weight excluding hydrogens is 216 g/mol. The van der Waals surface area contributed by atoms with E-state index < -0.39 is 8.96 Å². The summed E-state index contributed by atoms with van der Waals surface area (Å²) < 4.78 is 0. The van der Waals surface area contributed by atoms with Crippen LogP contribution in [-0.4, -0.2) is 30.7 Å². The van der Waals surface area contributed by atoms with Crippen LogP contribution in [-0.2, 0) is 0 Å². The lowest BCUT2D eigenvalue weighted by Crippen LogP contribution is -2.38. The van der Waals surface area contributed by atoms with Crippen molar-refractivity contribution < 1.29 is 0 Å². The van der Waals surface area contributed by atoms with Gasteiger partial charge in [-0.2, -0.15) is 0 Å². The third-order valence-corrected chi connectivity index (χ3v) is 8.08. The molecule has 0 rings (SSSR count). The van der Waals surface area contributed by atoms with Crippen molar-refractivity contribution in [2.75, 3.05) is 0 Å². The molecule has 0 aliphatic carbocycles. The zero-order valence-corrected chi connectivity index (χ0v) is 13.8. The molecule has 0 amide bonds. The molecule has 0 heterocycles. The van der Waals surface area contributed by atoms with Crippen molar-refractivity contribution in [3.8, 4) is 0 Å². The largest absolute Gasteiger partial charge is 0.340 e. The molecule has 15 heavy (non-hydrogen) atoms. The first-order chi connectivity index (χ1) is 7.10. The molecular formula is C11H30N2Si2. The van der Waals surface area contributed by atoms with Crippen LogP contribution < -0.4 is 9.96 Å². The summed E-state index contributed by atoms with van der Waals surface area (Å²) in [4.78, 5) is 7.45. The molecule has 0 aromatic rings. The van der Waals surface area contributed by atoms with Gasteiger partial charge in [-0.3, -0.25) is 0 Å². The predicted molar refractivity (Wildman–Crippen MR) is 76.9 cm³/mol. The monoisotopic (exact) mass is 246 g/mol. The van der Waals surface area contributed by atoms with Crippen LogP contribution >= 0.6 is 0 Å². The van der Waals surface area contributed by atoms with Crippen LogP contribution in [0.25, 0.3) is 0 Å². The summed E-state index contributed by atoms with van der Waals surface area (Å²) in [6, 6.07) is 4.42. The molecule has 2 N–H and O–H groups in total. The van der Waals surface area contributed by atoms with E-state index in [-0.39, 0.29) is 9.68 Å². The lowest BCUT2D eigenvalue weighted by molar-refractivity contribution is 0.646. The first-order valence-electron chi connectivity index (χ1n) is 6.59. The molecule has 2 nitrogen and oxygen atoms in total. The lowest BCUT2D eigenvalue weighted by atomic mass is 10.3. The highest BCUT2D eigenvalue weighted by Gasteiger charge is 2.07. The molecule has 0 spiro atoms. The van der Waals surface area contributed by atoms with E-state index in [2.05, 4.69) is 44.2 Å². The van der Waals surface area contributed by atoms with Gasteiger partial charge in [-0.05, 0) is 31.0 Å². The molecule has 0 aliphatic rings. The van der Waals surface area contributed by atoms with Gasteiger partial charge in [0.25, 0.3) is 0 Å². The molecule has 0 saturated carbocycles. The average molecular weight is 247 g/mol. The third kappa shape index (κ3) is 9.29. The van der Waals surface area contributed by atoms with E-state index in [0.29, 0.717) is 0 Å². The smallest absolute Gasteiger partial charge is 0.105 e. The van der Waals surface area contributed by atoms with Crippen LogP contribution in [0.4, 0.5) is 0 Å². The van der Waals surface area contributed by atoms with Gasteiger partial charge in [0.1, 0.15) is 8.96 Å². The van der Waals surface area contributed by atoms with Crippen molar-refractivity contribution in [2.45, 2.75) is 71.3 Å². The molecule has 0 aliphatic heterocycles. The summed E-state index contributed by atoms with van der Waals surface area (Å²) in [7, 11) is -0.590. The van der Waals surface area contributed by atoms with Crippen LogP contribution in [0.15, 0.2) is 0 Å². The van der Waals surface area contributed by atoms with Crippen LogP contribution in [0.5, 0.6) is 0 Å². The average Bonchev–Trinajstić information content (AvgIpc) is 2.23. The Labute approximate surface area is 100 Å². The van der Waals surface area contributed by atoms with E-state index >= 15 is 0 Å². The fourth-order valence-corrected chi connectivity index (χ4v) is 7.21. The minimum atomic E-state index is -0.605. The van der Waals surface area contributed by atoms with E-state index in [1.807, 2.05) is 0 Å². The fraction of sp³-hybridized carbons (Fsp3) is 1.00. The molecule has 0 radical (unpaired) electrons. The molecule has 3 atom stereocenters. The third-order valence-electron chi connectivity index (χ3n) is 3.10. The van der Waals surface area contributed by atoms with Gasteiger partial charge < -0.3 is 9.96 Å². The van der Waals surface area contributed by atoms with Gasteiger partial charge >= 0.3 is 0 Å². The van der Waals surface area contributed by atoms with Crippen molar-refractivity contribution in [3.05, 3.63) is 0 Å². The topological polar surface area (TPSA) is 24.1 Å². The summed E-state index contributed by atoms with van der Waals surface area (Å²) in [5, 5.41) is 0. The van der Waals surface area contributed by atoms with Gasteiger partial charge in [-0.1, -0.05) is 40.3 Å². The Hall–Kier alpha value is 0.354. The summed E-state index contributed by atoms with van der Waals surface area (Å²) in [6.07, 6.45) is 2.53. The molecule has 3 unspecified atom stereocenters. The SMILES string of the molecule is CCC(C)N[SiH2]CC[SiH](C)NC(C)CC. The highest BCUT2D eigenvalue weighted by Crippen LogP contribution is 1.98. The molecule has 0 fully saturated rings. The number of hydrogen-bond acceptors (Lipinski definition) is 2. The zero-order chi connectivity index (χ0) is 11.7. The van der Waals surface area contributed by atoms with E-state index in [1.54, 1.807) is 0 Å². The number of hydrogen-bond donors (Lipinski definition) is 2. The summed E-state index contributed by atoms with van der Waals surface area (Å²) >= 11 is 0. The second kappa shape index (κ2) is 9.57. The van der Waals surface area contributed by atoms with Crippen LogP contribution in [0.3, 0.4) is 0 Å². The maximum Gasteiger partial charge on any atom is 0.105 e. The van der Waals surface area contributed by atoms with Crippen LogP contribution in [0.1, 0.15) is 40.5 Å². The van der Waals surface area contributed by atoms with Crippen molar-refractivity contribution >= 4 is 18.6 Å². The second-order valence-corrected chi connectivity index (χ2v) is 9.11. The number of nitrogens with one attached hydrogen (secondary N) is 2. The minimum absolute atomic E-state index is 0.0146. The van der Waals surface area contributed by atoms with Gasteiger partial charge in [0, 0.05) is 0 Å². The Bertz CT molecular complexity index is 145. The van der Waals surface area contributed by atoms with Gasteiger partial charge in [0.2, 0.25) is 0 Å².